The average Bonchev–Trinajstić information content (AvgIpc) is 3.06. The molecule has 6 nitrogen and oxygen atoms in total. The largest absolute Gasteiger partial charge is 0.355 e. The number of anilines is 1. The topological polar surface area (TPSA) is 63.9 Å². The molecular weight excluding hydrogens is 445 g/mol. The van der Waals surface area contributed by atoms with E-state index in [2.05, 4.69) is 56.5 Å². The molecule has 2 aliphatic heterocycles. The molecule has 0 atom stereocenters. The van der Waals surface area contributed by atoms with Crippen LogP contribution in [0.4, 0.5) is 5.82 Å². The zero-order valence-electron chi connectivity index (χ0n) is 19.1. The molecule has 6 rings (SSSR count). The first-order chi connectivity index (χ1) is 16.3. The van der Waals surface area contributed by atoms with Gasteiger partial charge in [0.15, 0.2) is 0 Å². The summed E-state index contributed by atoms with van der Waals surface area (Å²) in [6, 6.07) is 12.3. The quantitative estimate of drug-likeness (QED) is 0.421. The Balaban J connectivity index is 1.38. The van der Waals surface area contributed by atoms with Gasteiger partial charge in [0.1, 0.15) is 19.5 Å². The van der Waals surface area contributed by atoms with Crippen molar-refractivity contribution in [3.05, 3.63) is 81.1 Å². The van der Waals surface area contributed by atoms with Crippen molar-refractivity contribution in [2.24, 2.45) is 0 Å². The molecule has 0 aliphatic carbocycles. The van der Waals surface area contributed by atoms with Gasteiger partial charge in [0.05, 0.1) is 33.2 Å². The van der Waals surface area contributed by atoms with Gasteiger partial charge in [-0.25, -0.2) is 4.98 Å². The molecular formula is C26H23BClN5O. The van der Waals surface area contributed by atoms with E-state index >= 15 is 0 Å². The number of hydrogen-bond donors (Lipinski definition) is 0. The molecule has 0 bridgehead atoms. The maximum atomic E-state index is 12.8. The van der Waals surface area contributed by atoms with Crippen LogP contribution in [0.15, 0.2) is 53.6 Å². The highest BCUT2D eigenvalue weighted by atomic mass is 35.5. The molecule has 0 N–H and O–H groups in total. The van der Waals surface area contributed by atoms with Crippen molar-refractivity contribution in [2.45, 2.75) is 38.0 Å². The molecule has 0 saturated carbocycles. The lowest BCUT2D eigenvalue weighted by Crippen LogP contribution is -2.34. The summed E-state index contributed by atoms with van der Waals surface area (Å²) >= 11 is 6.41. The first-order valence-electron chi connectivity index (χ1n) is 11.5. The number of fused-ring (bicyclic) bond motifs is 5. The third-order valence-corrected chi connectivity index (χ3v) is 7.62. The van der Waals surface area contributed by atoms with Gasteiger partial charge >= 0.3 is 0 Å². The van der Waals surface area contributed by atoms with Gasteiger partial charge in [-0.05, 0) is 61.9 Å². The first kappa shape index (κ1) is 21.4. The van der Waals surface area contributed by atoms with E-state index in [1.165, 1.54) is 11.1 Å². The number of aromatic nitrogens is 4. The third kappa shape index (κ3) is 3.17. The molecule has 168 valence electrons. The van der Waals surface area contributed by atoms with Crippen LogP contribution in [0.5, 0.6) is 0 Å². The minimum Gasteiger partial charge on any atom is -0.355 e. The van der Waals surface area contributed by atoms with Crippen molar-refractivity contribution in [1.82, 2.24) is 19.5 Å². The van der Waals surface area contributed by atoms with Gasteiger partial charge in [0.2, 0.25) is 0 Å². The standard InChI is InChI=1S/C26H23BClN5O/c1-26(2)17-7-6-16(15-8-10-32(11-9-15)22-14-29-21(27)13-30-22)12-20(17)33-19-5-3-4-18(28)23(19)24(34)31-25(26)33/h3-7,12-15H,8-11H2,1-2H3. The molecule has 34 heavy (non-hydrogen) atoms. The van der Waals surface area contributed by atoms with Crippen molar-refractivity contribution >= 4 is 41.8 Å². The van der Waals surface area contributed by atoms with Crippen molar-refractivity contribution in [3.8, 4) is 5.69 Å². The second-order valence-electron chi connectivity index (χ2n) is 9.67. The molecule has 0 spiro atoms. The van der Waals surface area contributed by atoms with Crippen LogP contribution in [0.25, 0.3) is 16.6 Å². The zero-order chi connectivity index (χ0) is 23.6. The molecule has 1 fully saturated rings. The summed E-state index contributed by atoms with van der Waals surface area (Å²) in [4.78, 5) is 28.2. The molecule has 2 radical (unpaired) electrons. The number of nitrogens with zero attached hydrogens (tertiary/aromatic N) is 5. The number of benzene rings is 2. The Morgan fingerprint density at radius 1 is 1.09 bits per heavy atom. The Kier molecular flexibility index (Phi) is 4.82. The number of rotatable bonds is 2. The Labute approximate surface area is 204 Å². The molecule has 0 unspecified atom stereocenters. The summed E-state index contributed by atoms with van der Waals surface area (Å²) in [7, 11) is 5.68. The van der Waals surface area contributed by atoms with Crippen LogP contribution >= 0.6 is 11.6 Å². The third-order valence-electron chi connectivity index (χ3n) is 7.31. The maximum Gasteiger partial charge on any atom is 0.282 e. The highest BCUT2D eigenvalue weighted by molar-refractivity contribution is 6.35. The molecule has 4 heterocycles. The Hall–Kier alpha value is -3.19. The first-order valence-corrected chi connectivity index (χ1v) is 11.9. The molecule has 2 aromatic heterocycles. The average molecular weight is 468 g/mol. The number of halogens is 1. The summed E-state index contributed by atoms with van der Waals surface area (Å²) < 4.78 is 2.13. The second-order valence-corrected chi connectivity index (χ2v) is 10.1. The predicted molar refractivity (Wildman–Crippen MR) is 136 cm³/mol. The van der Waals surface area contributed by atoms with E-state index in [4.69, 9.17) is 19.4 Å². The van der Waals surface area contributed by atoms with Gasteiger partial charge in [-0.1, -0.05) is 29.8 Å². The fourth-order valence-electron chi connectivity index (χ4n) is 5.46. The fraction of sp³-hybridized carbons (Fsp3) is 0.308. The lowest BCUT2D eigenvalue weighted by atomic mass is 9.83. The van der Waals surface area contributed by atoms with Crippen LogP contribution in [-0.2, 0) is 5.41 Å². The highest BCUT2D eigenvalue weighted by Gasteiger charge is 2.39. The van der Waals surface area contributed by atoms with Crippen molar-refractivity contribution in [2.75, 3.05) is 18.0 Å². The van der Waals surface area contributed by atoms with Crippen LogP contribution < -0.4 is 16.1 Å². The van der Waals surface area contributed by atoms with E-state index in [0.29, 0.717) is 21.9 Å². The monoisotopic (exact) mass is 467 g/mol. The maximum absolute atomic E-state index is 12.8. The molecule has 2 aromatic carbocycles. The van der Waals surface area contributed by atoms with E-state index in [0.717, 1.165) is 48.8 Å². The summed E-state index contributed by atoms with van der Waals surface area (Å²) in [6.07, 6.45) is 5.40. The number of piperidine rings is 1. The van der Waals surface area contributed by atoms with Crippen molar-refractivity contribution in [1.29, 1.82) is 0 Å². The van der Waals surface area contributed by atoms with Gasteiger partial charge in [-0.2, -0.15) is 4.98 Å². The van der Waals surface area contributed by atoms with E-state index in [1.54, 1.807) is 18.5 Å². The van der Waals surface area contributed by atoms with Gasteiger partial charge in [0.25, 0.3) is 5.56 Å². The van der Waals surface area contributed by atoms with Gasteiger partial charge < -0.3 is 4.90 Å². The molecule has 0 amide bonds. The summed E-state index contributed by atoms with van der Waals surface area (Å²) in [5.41, 5.74) is 4.16. The number of hydrogen-bond acceptors (Lipinski definition) is 5. The van der Waals surface area contributed by atoms with Gasteiger partial charge in [-0.15, -0.1) is 0 Å². The molecule has 1 saturated heterocycles. The highest BCUT2D eigenvalue weighted by Crippen LogP contribution is 2.44. The van der Waals surface area contributed by atoms with Crippen molar-refractivity contribution in [3.63, 3.8) is 0 Å². The SMILES string of the molecule is [B]c1cnc(N2CCC(c3ccc4c(c3)-n3c(nc(=O)c5c(Cl)cccc53)C4(C)C)CC2)cn1. The van der Waals surface area contributed by atoms with Crippen LogP contribution in [0, 0.1) is 0 Å². The minimum absolute atomic E-state index is 0.272. The van der Waals surface area contributed by atoms with E-state index in [-0.39, 0.29) is 11.0 Å². The van der Waals surface area contributed by atoms with Crippen LogP contribution in [0.2, 0.25) is 5.02 Å². The summed E-state index contributed by atoms with van der Waals surface area (Å²) in [6.45, 7) is 6.07. The molecule has 4 aromatic rings. The lowest BCUT2D eigenvalue weighted by molar-refractivity contribution is 0.502. The summed E-state index contributed by atoms with van der Waals surface area (Å²) in [5.74, 6) is 2.07. The molecule has 8 heteroatoms. The smallest absolute Gasteiger partial charge is 0.282 e. The fourth-order valence-corrected chi connectivity index (χ4v) is 5.71. The Morgan fingerprint density at radius 3 is 2.62 bits per heavy atom. The normalized spacial score (nSPS) is 17.1. The lowest BCUT2D eigenvalue weighted by Gasteiger charge is -2.33. The van der Waals surface area contributed by atoms with E-state index in [9.17, 15) is 4.79 Å². The van der Waals surface area contributed by atoms with E-state index < -0.39 is 0 Å². The van der Waals surface area contributed by atoms with Crippen LogP contribution in [0.1, 0.15) is 49.6 Å². The summed E-state index contributed by atoms with van der Waals surface area (Å²) in [5, 5.41) is 0.908. The minimum atomic E-state index is -0.374. The Morgan fingerprint density at radius 2 is 1.88 bits per heavy atom. The van der Waals surface area contributed by atoms with Crippen LogP contribution in [0.3, 0.4) is 0 Å². The van der Waals surface area contributed by atoms with Gasteiger partial charge in [-0.3, -0.25) is 14.3 Å². The van der Waals surface area contributed by atoms with Crippen LogP contribution in [-0.4, -0.2) is 40.5 Å². The second kappa shape index (κ2) is 7.67. The van der Waals surface area contributed by atoms with Gasteiger partial charge in [0, 0.05) is 24.9 Å². The predicted octanol–water partition coefficient (Wildman–Crippen LogP) is 3.65. The zero-order valence-corrected chi connectivity index (χ0v) is 19.9. The molecule has 2 aliphatic rings. The van der Waals surface area contributed by atoms with Crippen molar-refractivity contribution < 1.29 is 0 Å². The Bertz CT molecular complexity index is 1490. The van der Waals surface area contributed by atoms with E-state index in [1.807, 2.05) is 12.1 Å².